The number of aromatic amines is 1. The molecule has 1 unspecified atom stereocenters. The van der Waals surface area contributed by atoms with Gasteiger partial charge in [-0.25, -0.2) is 0 Å². The molecule has 1 aromatic heterocycles. The molecule has 25 heavy (non-hydrogen) atoms. The first-order chi connectivity index (χ1) is 12.2. The summed E-state index contributed by atoms with van der Waals surface area (Å²) in [7, 11) is 0. The van der Waals surface area contributed by atoms with E-state index in [1.807, 2.05) is 42.2 Å². The number of carbonyl (C=O) groups is 1. The summed E-state index contributed by atoms with van der Waals surface area (Å²) >= 11 is 0. The summed E-state index contributed by atoms with van der Waals surface area (Å²) in [6.07, 6.45) is 2.70. The molecule has 0 aliphatic heterocycles. The number of aromatic nitrogens is 1. The maximum Gasteiger partial charge on any atom is 0.230 e. The van der Waals surface area contributed by atoms with E-state index in [0.717, 1.165) is 24.9 Å². The molecule has 1 amide bonds. The number of anilines is 1. The van der Waals surface area contributed by atoms with Crippen molar-refractivity contribution in [1.82, 2.24) is 4.98 Å². The van der Waals surface area contributed by atoms with Gasteiger partial charge < -0.3 is 9.88 Å². The van der Waals surface area contributed by atoms with Crippen LogP contribution in [0.1, 0.15) is 30.2 Å². The molecule has 0 bridgehead atoms. The lowest BCUT2D eigenvalue weighted by molar-refractivity contribution is -0.122. The summed E-state index contributed by atoms with van der Waals surface area (Å²) in [4.78, 5) is 18.7. The highest BCUT2D eigenvalue weighted by molar-refractivity contribution is 5.96. The summed E-state index contributed by atoms with van der Waals surface area (Å²) in [6, 6.07) is 16.5. The summed E-state index contributed by atoms with van der Waals surface area (Å²) in [5.74, 6) is 0.313. The Balaban J connectivity index is 1.64. The average Bonchev–Trinajstić information content (AvgIpc) is 3.00. The smallest absolute Gasteiger partial charge is 0.230 e. The average molecular weight is 332 g/mol. The van der Waals surface area contributed by atoms with Crippen molar-refractivity contribution < 1.29 is 4.79 Å². The molecule has 3 heteroatoms. The van der Waals surface area contributed by atoms with Gasteiger partial charge in [0.15, 0.2) is 0 Å². The fourth-order valence-corrected chi connectivity index (χ4v) is 4.04. The van der Waals surface area contributed by atoms with Gasteiger partial charge in [0.2, 0.25) is 5.91 Å². The zero-order valence-electron chi connectivity index (χ0n) is 14.9. The number of benzene rings is 2. The molecular weight excluding hydrogens is 308 g/mol. The van der Waals surface area contributed by atoms with Crippen LogP contribution in [0, 0.1) is 12.8 Å². The molecule has 0 spiro atoms. The monoisotopic (exact) mass is 332 g/mol. The molecule has 0 fully saturated rings. The molecular formula is C22H24N2O. The fraction of sp³-hybridized carbons (Fsp3) is 0.318. The van der Waals surface area contributed by atoms with Gasteiger partial charge in [-0.05, 0) is 62.9 Å². The first kappa shape index (κ1) is 15.9. The van der Waals surface area contributed by atoms with Crippen LogP contribution in [0.15, 0.2) is 48.5 Å². The van der Waals surface area contributed by atoms with Crippen LogP contribution in [-0.4, -0.2) is 17.4 Å². The van der Waals surface area contributed by atoms with E-state index in [4.69, 9.17) is 0 Å². The van der Waals surface area contributed by atoms with Crippen LogP contribution in [0.2, 0.25) is 0 Å². The second-order valence-electron chi connectivity index (χ2n) is 6.99. The number of nitrogens with one attached hydrogen (secondary N) is 1. The third kappa shape index (κ3) is 2.84. The second-order valence-corrected chi connectivity index (χ2v) is 6.99. The van der Waals surface area contributed by atoms with Gasteiger partial charge in [0, 0.05) is 34.7 Å². The van der Waals surface area contributed by atoms with Crippen molar-refractivity contribution >= 4 is 22.5 Å². The third-order valence-electron chi connectivity index (χ3n) is 5.34. The van der Waals surface area contributed by atoms with E-state index >= 15 is 0 Å². The van der Waals surface area contributed by atoms with E-state index in [1.54, 1.807) is 0 Å². The molecule has 1 N–H and O–H groups in total. The first-order valence-corrected chi connectivity index (χ1v) is 9.14. The minimum atomic E-state index is 0.0622. The molecule has 1 heterocycles. The summed E-state index contributed by atoms with van der Waals surface area (Å²) in [5, 5.41) is 1.29. The number of hydrogen-bond acceptors (Lipinski definition) is 1. The van der Waals surface area contributed by atoms with Crippen molar-refractivity contribution in [2.75, 3.05) is 11.4 Å². The number of carbonyl (C=O) groups excluding carboxylic acids is 1. The minimum absolute atomic E-state index is 0.0622. The Morgan fingerprint density at radius 3 is 2.76 bits per heavy atom. The number of para-hydroxylation sites is 1. The van der Waals surface area contributed by atoms with E-state index in [9.17, 15) is 4.79 Å². The van der Waals surface area contributed by atoms with Crippen molar-refractivity contribution in [3.8, 4) is 0 Å². The van der Waals surface area contributed by atoms with Gasteiger partial charge in [-0.3, -0.25) is 4.79 Å². The maximum atomic E-state index is 13.2. The van der Waals surface area contributed by atoms with Crippen LogP contribution in [0.5, 0.6) is 0 Å². The van der Waals surface area contributed by atoms with Gasteiger partial charge in [0.05, 0.1) is 0 Å². The van der Waals surface area contributed by atoms with Gasteiger partial charge in [-0.2, -0.15) is 0 Å². The standard InChI is InChI=1S/C22H24N2O/c1-3-24(17-7-5-4-6-8-17)22(25)16-10-12-21-19(14-16)18-13-15(2)9-11-20(18)23-21/h4-9,11,13,16,23H,3,10,12,14H2,1-2H3. The number of aryl methyl sites for hydroxylation is 2. The quantitative estimate of drug-likeness (QED) is 0.745. The summed E-state index contributed by atoms with van der Waals surface area (Å²) < 4.78 is 0. The molecule has 2 aromatic carbocycles. The van der Waals surface area contributed by atoms with Crippen LogP contribution >= 0.6 is 0 Å². The molecule has 128 valence electrons. The Labute approximate surface area is 148 Å². The second kappa shape index (κ2) is 6.40. The summed E-state index contributed by atoms with van der Waals surface area (Å²) in [5.41, 5.74) is 6.11. The first-order valence-electron chi connectivity index (χ1n) is 9.14. The summed E-state index contributed by atoms with van der Waals surface area (Å²) in [6.45, 7) is 4.88. The van der Waals surface area contributed by atoms with Crippen molar-refractivity contribution in [3.63, 3.8) is 0 Å². The Bertz CT molecular complexity index is 910. The molecule has 0 saturated heterocycles. The lowest BCUT2D eigenvalue weighted by Gasteiger charge is -2.29. The van der Waals surface area contributed by atoms with Crippen LogP contribution in [0.3, 0.4) is 0 Å². The molecule has 3 nitrogen and oxygen atoms in total. The Morgan fingerprint density at radius 1 is 1.20 bits per heavy atom. The molecule has 4 rings (SSSR count). The highest BCUT2D eigenvalue weighted by Crippen LogP contribution is 2.33. The normalized spacial score (nSPS) is 16.6. The lowest BCUT2D eigenvalue weighted by Crippen LogP contribution is -2.38. The molecule has 1 aliphatic carbocycles. The Morgan fingerprint density at radius 2 is 2.00 bits per heavy atom. The largest absolute Gasteiger partial charge is 0.358 e. The third-order valence-corrected chi connectivity index (χ3v) is 5.34. The number of rotatable bonds is 3. The van der Waals surface area contributed by atoms with E-state index < -0.39 is 0 Å². The van der Waals surface area contributed by atoms with Gasteiger partial charge in [-0.1, -0.05) is 29.8 Å². The Hall–Kier alpha value is -2.55. The molecule has 1 aliphatic rings. The number of H-pyrrole nitrogens is 1. The van der Waals surface area contributed by atoms with Crippen molar-refractivity contribution in [1.29, 1.82) is 0 Å². The van der Waals surface area contributed by atoms with Crippen LogP contribution in [0.4, 0.5) is 5.69 Å². The van der Waals surface area contributed by atoms with Gasteiger partial charge in [0.1, 0.15) is 0 Å². The number of fused-ring (bicyclic) bond motifs is 3. The van der Waals surface area contributed by atoms with Gasteiger partial charge in [0.25, 0.3) is 0 Å². The van der Waals surface area contributed by atoms with E-state index in [0.29, 0.717) is 6.54 Å². The zero-order chi connectivity index (χ0) is 17.4. The van der Waals surface area contributed by atoms with Gasteiger partial charge >= 0.3 is 0 Å². The predicted molar refractivity (Wildman–Crippen MR) is 103 cm³/mol. The molecule has 1 atom stereocenters. The highest BCUT2D eigenvalue weighted by Gasteiger charge is 2.30. The van der Waals surface area contributed by atoms with Crippen LogP contribution in [-0.2, 0) is 17.6 Å². The van der Waals surface area contributed by atoms with Crippen molar-refractivity contribution in [2.45, 2.75) is 33.1 Å². The molecule has 0 saturated carbocycles. The fourth-order valence-electron chi connectivity index (χ4n) is 4.04. The molecule has 3 aromatic rings. The van der Waals surface area contributed by atoms with Crippen LogP contribution in [0.25, 0.3) is 10.9 Å². The number of amides is 1. The number of nitrogens with zero attached hydrogens (tertiary/aromatic N) is 1. The van der Waals surface area contributed by atoms with E-state index in [1.165, 1.54) is 27.7 Å². The van der Waals surface area contributed by atoms with E-state index in [-0.39, 0.29) is 11.8 Å². The Kier molecular flexibility index (Phi) is 4.08. The topological polar surface area (TPSA) is 36.1 Å². The zero-order valence-corrected chi connectivity index (χ0v) is 14.9. The lowest BCUT2D eigenvalue weighted by atomic mass is 9.85. The SMILES string of the molecule is CCN(C(=O)C1CCc2[nH]c3ccc(C)cc3c2C1)c1ccccc1. The van der Waals surface area contributed by atoms with Crippen molar-refractivity contribution in [3.05, 3.63) is 65.4 Å². The van der Waals surface area contributed by atoms with E-state index in [2.05, 4.69) is 30.1 Å². The molecule has 0 radical (unpaired) electrons. The van der Waals surface area contributed by atoms with Crippen molar-refractivity contribution in [2.24, 2.45) is 5.92 Å². The predicted octanol–water partition coefficient (Wildman–Crippen LogP) is 4.63. The minimum Gasteiger partial charge on any atom is -0.358 e. The van der Waals surface area contributed by atoms with Gasteiger partial charge in [-0.15, -0.1) is 0 Å². The number of hydrogen-bond donors (Lipinski definition) is 1. The highest BCUT2D eigenvalue weighted by atomic mass is 16.2. The maximum absolute atomic E-state index is 13.2. The van der Waals surface area contributed by atoms with Crippen LogP contribution < -0.4 is 4.90 Å².